The smallest absolute Gasteiger partial charge is 0.336 e. The summed E-state index contributed by atoms with van der Waals surface area (Å²) in [4.78, 5) is 23.3. The Hall–Kier alpha value is -4.63. The monoisotopic (exact) mass is 613 g/mol. The Kier molecular flexibility index (Phi) is 9.65. The van der Waals surface area contributed by atoms with Gasteiger partial charge in [-0.1, -0.05) is 72.3 Å². The quantitative estimate of drug-likeness (QED) is 0.136. The van der Waals surface area contributed by atoms with Crippen molar-refractivity contribution in [1.29, 1.82) is 0 Å². The number of aliphatic hydroxyl groups excluding tert-OH is 1. The number of carbonyl (C=O) groups is 1. The average Bonchev–Trinajstić information content (AvgIpc) is 3.00. The predicted octanol–water partition coefficient (Wildman–Crippen LogP) is 6.50. The third-order valence-corrected chi connectivity index (χ3v) is 7.67. The maximum Gasteiger partial charge on any atom is 0.336 e. The fourth-order valence-electron chi connectivity index (χ4n) is 4.92. The highest BCUT2D eigenvalue weighted by Crippen LogP contribution is 2.35. The van der Waals surface area contributed by atoms with E-state index in [1.165, 1.54) is 13.0 Å². The van der Waals surface area contributed by atoms with Crippen molar-refractivity contribution in [3.63, 3.8) is 0 Å². The SMILES string of the molecule is Cc1c(COc2cc(OCc3ccc4ccc(=O)oc4c3)c(CN[C@H](C(=O)O)C(C)O)cc2Cl)cccc1-c1ccccc1. The number of rotatable bonds is 12. The molecule has 0 aliphatic rings. The standard InChI is InChI=1S/C35H32ClNO7/c1-21-26(9-6-10-28(21)24-7-4-3-5-8-24)20-43-32-17-30(27(16-29(32)36)18-37-34(22(2)38)35(40)41)42-19-23-11-12-25-13-14-33(39)44-31(25)15-23/h3-17,22,34,37-38H,18-20H2,1-2H3,(H,40,41)/t22?,34-/m0/s1. The van der Waals surface area contributed by atoms with E-state index in [1.807, 2.05) is 42.5 Å². The summed E-state index contributed by atoms with van der Waals surface area (Å²) in [5, 5.41) is 23.4. The first kappa shape index (κ1) is 30.8. The van der Waals surface area contributed by atoms with Crippen LogP contribution in [0.4, 0.5) is 0 Å². The molecule has 0 bridgehead atoms. The maximum absolute atomic E-state index is 11.7. The molecule has 0 spiro atoms. The minimum atomic E-state index is -1.19. The molecular weight excluding hydrogens is 582 g/mol. The van der Waals surface area contributed by atoms with E-state index in [0.717, 1.165) is 33.2 Å². The van der Waals surface area contributed by atoms with E-state index in [1.54, 1.807) is 24.3 Å². The van der Waals surface area contributed by atoms with Crippen molar-refractivity contribution < 1.29 is 28.9 Å². The Bertz CT molecular complexity index is 1840. The molecule has 0 saturated heterocycles. The van der Waals surface area contributed by atoms with Crippen LogP contribution in [-0.4, -0.2) is 28.3 Å². The molecule has 226 valence electrons. The van der Waals surface area contributed by atoms with Crippen LogP contribution in [0.25, 0.3) is 22.1 Å². The maximum atomic E-state index is 11.7. The van der Waals surface area contributed by atoms with Gasteiger partial charge >= 0.3 is 11.6 Å². The largest absolute Gasteiger partial charge is 0.488 e. The number of halogens is 1. The number of hydrogen-bond donors (Lipinski definition) is 3. The summed E-state index contributed by atoms with van der Waals surface area (Å²) in [6.07, 6.45) is -1.13. The number of ether oxygens (including phenoxy) is 2. The molecule has 1 aromatic heterocycles. The molecule has 0 amide bonds. The van der Waals surface area contributed by atoms with E-state index in [0.29, 0.717) is 27.7 Å². The minimum absolute atomic E-state index is 0.0576. The molecule has 3 N–H and O–H groups in total. The lowest BCUT2D eigenvalue weighted by Gasteiger charge is -2.20. The highest BCUT2D eigenvalue weighted by atomic mass is 35.5. The molecule has 44 heavy (non-hydrogen) atoms. The van der Waals surface area contributed by atoms with Crippen molar-refractivity contribution in [2.24, 2.45) is 0 Å². The summed E-state index contributed by atoms with van der Waals surface area (Å²) in [6, 6.07) is 26.8. The molecule has 9 heteroatoms. The van der Waals surface area contributed by atoms with Crippen molar-refractivity contribution in [3.05, 3.63) is 129 Å². The van der Waals surface area contributed by atoms with E-state index in [-0.39, 0.29) is 19.8 Å². The lowest BCUT2D eigenvalue weighted by molar-refractivity contribution is -0.142. The van der Waals surface area contributed by atoms with Crippen LogP contribution in [0, 0.1) is 6.92 Å². The molecule has 0 fully saturated rings. The van der Waals surface area contributed by atoms with Crippen LogP contribution in [-0.2, 0) is 24.6 Å². The van der Waals surface area contributed by atoms with Crippen molar-refractivity contribution in [2.75, 3.05) is 0 Å². The Morgan fingerprint density at radius 1 is 0.909 bits per heavy atom. The molecule has 0 aliphatic heterocycles. The van der Waals surface area contributed by atoms with E-state index in [2.05, 4.69) is 30.4 Å². The zero-order valence-electron chi connectivity index (χ0n) is 24.2. The number of carboxylic acids is 1. The molecular formula is C35H32ClNO7. The predicted molar refractivity (Wildman–Crippen MR) is 169 cm³/mol. The third-order valence-electron chi connectivity index (χ3n) is 7.37. The Labute approximate surface area is 259 Å². The second-order valence-electron chi connectivity index (χ2n) is 10.5. The van der Waals surface area contributed by atoms with Crippen LogP contribution in [0.5, 0.6) is 11.5 Å². The van der Waals surface area contributed by atoms with Gasteiger partial charge in [0.05, 0.1) is 11.1 Å². The van der Waals surface area contributed by atoms with Crippen LogP contribution < -0.4 is 20.4 Å². The number of aliphatic hydroxyl groups is 1. The minimum Gasteiger partial charge on any atom is -0.488 e. The highest BCUT2D eigenvalue weighted by molar-refractivity contribution is 6.32. The summed E-state index contributed by atoms with van der Waals surface area (Å²) in [7, 11) is 0. The summed E-state index contributed by atoms with van der Waals surface area (Å²) >= 11 is 6.66. The molecule has 0 saturated carbocycles. The average molecular weight is 614 g/mol. The first-order valence-corrected chi connectivity index (χ1v) is 14.5. The number of carboxylic acid groups (broad SMARTS) is 1. The van der Waals surface area contributed by atoms with Crippen LogP contribution in [0.2, 0.25) is 5.02 Å². The summed E-state index contributed by atoms with van der Waals surface area (Å²) in [5.41, 5.74) is 5.63. The first-order chi connectivity index (χ1) is 21.2. The van der Waals surface area contributed by atoms with Gasteiger partial charge < -0.3 is 24.1 Å². The van der Waals surface area contributed by atoms with Gasteiger partial charge in [0.2, 0.25) is 0 Å². The van der Waals surface area contributed by atoms with Crippen molar-refractivity contribution in [1.82, 2.24) is 5.32 Å². The zero-order valence-corrected chi connectivity index (χ0v) is 25.0. The second-order valence-corrected chi connectivity index (χ2v) is 10.9. The van der Waals surface area contributed by atoms with Crippen LogP contribution >= 0.6 is 11.6 Å². The van der Waals surface area contributed by atoms with Gasteiger partial charge in [0.15, 0.2) is 0 Å². The van der Waals surface area contributed by atoms with Gasteiger partial charge in [-0.05, 0) is 59.9 Å². The van der Waals surface area contributed by atoms with Gasteiger partial charge in [0.1, 0.15) is 36.3 Å². The van der Waals surface area contributed by atoms with Crippen LogP contribution in [0.1, 0.15) is 29.2 Å². The number of hydrogen-bond acceptors (Lipinski definition) is 7. The topological polar surface area (TPSA) is 118 Å². The van der Waals surface area contributed by atoms with Crippen LogP contribution in [0.3, 0.4) is 0 Å². The fourth-order valence-corrected chi connectivity index (χ4v) is 5.17. The lowest BCUT2D eigenvalue weighted by atomic mass is 9.97. The number of fused-ring (bicyclic) bond motifs is 1. The van der Waals surface area contributed by atoms with E-state index < -0.39 is 23.7 Å². The van der Waals surface area contributed by atoms with Gasteiger partial charge in [-0.3, -0.25) is 10.1 Å². The molecule has 0 radical (unpaired) electrons. The Morgan fingerprint density at radius 3 is 2.41 bits per heavy atom. The Morgan fingerprint density at radius 2 is 1.66 bits per heavy atom. The molecule has 1 heterocycles. The zero-order chi connectivity index (χ0) is 31.2. The highest BCUT2D eigenvalue weighted by Gasteiger charge is 2.23. The first-order valence-electron chi connectivity index (χ1n) is 14.1. The third kappa shape index (κ3) is 7.29. The van der Waals surface area contributed by atoms with E-state index >= 15 is 0 Å². The van der Waals surface area contributed by atoms with Gasteiger partial charge in [0.25, 0.3) is 0 Å². The van der Waals surface area contributed by atoms with Gasteiger partial charge in [-0.15, -0.1) is 0 Å². The molecule has 5 rings (SSSR count). The van der Waals surface area contributed by atoms with Crippen molar-refractivity contribution in [3.8, 4) is 22.6 Å². The van der Waals surface area contributed by atoms with Crippen molar-refractivity contribution >= 4 is 28.5 Å². The molecule has 2 atom stereocenters. The summed E-state index contributed by atoms with van der Waals surface area (Å²) in [6.45, 7) is 3.90. The fraction of sp³-hybridized carbons (Fsp3) is 0.200. The summed E-state index contributed by atoms with van der Waals surface area (Å²) < 4.78 is 17.7. The molecule has 5 aromatic rings. The number of nitrogens with one attached hydrogen (secondary N) is 1. The number of benzene rings is 4. The Balaban J connectivity index is 1.41. The molecule has 4 aromatic carbocycles. The van der Waals surface area contributed by atoms with Crippen molar-refractivity contribution in [2.45, 2.75) is 45.8 Å². The van der Waals surface area contributed by atoms with E-state index in [4.69, 9.17) is 25.5 Å². The van der Waals surface area contributed by atoms with Crippen LogP contribution in [0.15, 0.2) is 100 Å². The second kappa shape index (κ2) is 13.8. The normalized spacial score (nSPS) is 12.5. The van der Waals surface area contributed by atoms with Gasteiger partial charge in [-0.2, -0.15) is 0 Å². The van der Waals surface area contributed by atoms with Gasteiger partial charge in [0, 0.05) is 29.6 Å². The summed E-state index contributed by atoms with van der Waals surface area (Å²) in [5.74, 6) is -0.375. The lowest BCUT2D eigenvalue weighted by Crippen LogP contribution is -2.44. The molecule has 0 aliphatic carbocycles. The van der Waals surface area contributed by atoms with Gasteiger partial charge in [-0.25, -0.2) is 4.79 Å². The number of aliphatic carboxylic acids is 1. The molecule has 1 unspecified atom stereocenters. The van der Waals surface area contributed by atoms with E-state index in [9.17, 15) is 19.8 Å². The molecule has 8 nitrogen and oxygen atoms in total.